The molecule has 2 fully saturated rings. The smallest absolute Gasteiger partial charge is 0.311 e. The fraction of sp³-hybridized carbons (Fsp3) is 0.600. The van der Waals surface area contributed by atoms with Crippen molar-refractivity contribution in [3.63, 3.8) is 0 Å². The van der Waals surface area contributed by atoms with E-state index in [1.807, 2.05) is 0 Å². The van der Waals surface area contributed by atoms with E-state index in [0.717, 1.165) is 6.42 Å². The van der Waals surface area contributed by atoms with Gasteiger partial charge in [0.05, 0.1) is 5.41 Å². The summed E-state index contributed by atoms with van der Waals surface area (Å²) in [6, 6.07) is 4.21. The van der Waals surface area contributed by atoms with Gasteiger partial charge in [-0.15, -0.1) is 11.3 Å². The molecule has 108 valence electrons. The molecule has 1 aliphatic carbocycles. The maximum atomic E-state index is 12.4. The predicted molar refractivity (Wildman–Crippen MR) is 76.8 cm³/mol. The van der Waals surface area contributed by atoms with Crippen LogP contribution in [0.15, 0.2) is 12.1 Å². The maximum Gasteiger partial charge on any atom is 0.311 e. The van der Waals surface area contributed by atoms with Gasteiger partial charge in [-0.05, 0) is 38.8 Å². The SMILES string of the molecule is Cc1ccc([C@@H]2C[C@H]2C(=O)N2CC[C@@](C)(C(=O)O)C2)s1. The third-order valence-electron chi connectivity index (χ3n) is 4.54. The average Bonchev–Trinajstić information content (AvgIpc) is 2.91. The summed E-state index contributed by atoms with van der Waals surface area (Å²) in [7, 11) is 0. The molecule has 0 radical (unpaired) electrons. The molecule has 1 N–H and O–H groups in total. The lowest BCUT2D eigenvalue weighted by atomic mass is 9.90. The summed E-state index contributed by atoms with van der Waals surface area (Å²) >= 11 is 1.76. The van der Waals surface area contributed by atoms with Gasteiger partial charge in [-0.3, -0.25) is 9.59 Å². The monoisotopic (exact) mass is 293 g/mol. The summed E-state index contributed by atoms with van der Waals surface area (Å²) in [5, 5.41) is 9.22. The van der Waals surface area contributed by atoms with Crippen LogP contribution >= 0.6 is 11.3 Å². The van der Waals surface area contributed by atoms with E-state index >= 15 is 0 Å². The molecule has 0 unspecified atom stereocenters. The Labute approximate surface area is 122 Å². The van der Waals surface area contributed by atoms with Gasteiger partial charge in [0.2, 0.25) is 5.91 Å². The van der Waals surface area contributed by atoms with Crippen molar-refractivity contribution in [2.75, 3.05) is 13.1 Å². The molecule has 0 spiro atoms. The van der Waals surface area contributed by atoms with E-state index in [1.54, 1.807) is 23.2 Å². The highest BCUT2D eigenvalue weighted by molar-refractivity contribution is 7.12. The summed E-state index contributed by atoms with van der Waals surface area (Å²) in [6.07, 6.45) is 1.47. The molecule has 3 rings (SSSR count). The van der Waals surface area contributed by atoms with Gasteiger partial charge in [-0.25, -0.2) is 0 Å². The van der Waals surface area contributed by atoms with Crippen molar-refractivity contribution in [1.29, 1.82) is 0 Å². The molecule has 1 aromatic heterocycles. The minimum atomic E-state index is -0.797. The molecule has 0 bridgehead atoms. The van der Waals surface area contributed by atoms with E-state index in [2.05, 4.69) is 19.1 Å². The Hall–Kier alpha value is -1.36. The van der Waals surface area contributed by atoms with Crippen molar-refractivity contribution in [2.45, 2.75) is 32.6 Å². The first kappa shape index (κ1) is 13.6. The Morgan fingerprint density at radius 3 is 2.75 bits per heavy atom. The minimum absolute atomic E-state index is 0.0733. The van der Waals surface area contributed by atoms with Crippen LogP contribution in [0.25, 0.3) is 0 Å². The van der Waals surface area contributed by atoms with Crippen LogP contribution in [0, 0.1) is 18.3 Å². The molecular formula is C15H19NO3S. The Morgan fingerprint density at radius 2 is 2.20 bits per heavy atom. The quantitative estimate of drug-likeness (QED) is 0.931. The average molecular weight is 293 g/mol. The van der Waals surface area contributed by atoms with E-state index in [9.17, 15) is 14.7 Å². The highest BCUT2D eigenvalue weighted by atomic mass is 32.1. The van der Waals surface area contributed by atoms with Crippen molar-refractivity contribution < 1.29 is 14.7 Å². The second-order valence-electron chi connectivity index (χ2n) is 6.27. The Bertz CT molecular complexity index is 567. The number of thiophene rings is 1. The van der Waals surface area contributed by atoms with Gasteiger partial charge in [-0.2, -0.15) is 0 Å². The first-order valence-electron chi connectivity index (χ1n) is 6.99. The molecular weight excluding hydrogens is 274 g/mol. The molecule has 20 heavy (non-hydrogen) atoms. The van der Waals surface area contributed by atoms with Gasteiger partial charge in [0.1, 0.15) is 0 Å². The van der Waals surface area contributed by atoms with Crippen LogP contribution in [0.2, 0.25) is 0 Å². The minimum Gasteiger partial charge on any atom is -0.481 e. The largest absolute Gasteiger partial charge is 0.481 e. The third kappa shape index (κ3) is 2.24. The molecule has 5 heteroatoms. The van der Waals surface area contributed by atoms with E-state index in [-0.39, 0.29) is 11.8 Å². The number of carbonyl (C=O) groups is 2. The molecule has 1 aliphatic heterocycles. The number of rotatable bonds is 3. The Morgan fingerprint density at radius 1 is 1.45 bits per heavy atom. The van der Waals surface area contributed by atoms with E-state index in [0.29, 0.717) is 25.4 Å². The molecule has 1 amide bonds. The summed E-state index contributed by atoms with van der Waals surface area (Å²) in [5.41, 5.74) is -0.764. The molecule has 1 aromatic rings. The third-order valence-corrected chi connectivity index (χ3v) is 5.67. The van der Waals surface area contributed by atoms with Gasteiger partial charge in [0.25, 0.3) is 0 Å². The van der Waals surface area contributed by atoms with Crippen molar-refractivity contribution in [1.82, 2.24) is 4.90 Å². The predicted octanol–water partition coefficient (Wildman–Crippen LogP) is 2.48. The topological polar surface area (TPSA) is 57.6 Å². The fourth-order valence-corrected chi connectivity index (χ4v) is 4.05. The summed E-state index contributed by atoms with van der Waals surface area (Å²) < 4.78 is 0. The van der Waals surface area contributed by atoms with Crippen LogP contribution in [-0.4, -0.2) is 35.0 Å². The number of aryl methyl sites for hydroxylation is 1. The molecule has 3 atom stereocenters. The van der Waals surface area contributed by atoms with Crippen molar-refractivity contribution in [3.8, 4) is 0 Å². The lowest BCUT2D eigenvalue weighted by Gasteiger charge is -2.20. The molecule has 2 heterocycles. The molecule has 2 aliphatic rings. The molecule has 1 saturated carbocycles. The molecule has 1 saturated heterocycles. The fourth-order valence-electron chi connectivity index (χ4n) is 2.99. The Kier molecular flexibility index (Phi) is 3.12. The zero-order valence-corrected chi connectivity index (χ0v) is 12.6. The summed E-state index contributed by atoms with van der Waals surface area (Å²) in [4.78, 5) is 28.0. The van der Waals surface area contributed by atoms with E-state index < -0.39 is 11.4 Å². The number of carboxylic acids is 1. The highest BCUT2D eigenvalue weighted by Crippen LogP contribution is 2.51. The zero-order valence-electron chi connectivity index (χ0n) is 11.8. The second kappa shape index (κ2) is 4.58. The first-order valence-corrected chi connectivity index (χ1v) is 7.81. The number of aliphatic carboxylic acids is 1. The van der Waals surface area contributed by atoms with Crippen LogP contribution in [-0.2, 0) is 9.59 Å². The molecule has 0 aromatic carbocycles. The number of nitrogens with zero attached hydrogens (tertiary/aromatic N) is 1. The van der Waals surface area contributed by atoms with Crippen molar-refractivity contribution in [3.05, 3.63) is 21.9 Å². The first-order chi connectivity index (χ1) is 9.40. The van der Waals surface area contributed by atoms with Gasteiger partial charge in [-0.1, -0.05) is 0 Å². The van der Waals surface area contributed by atoms with Gasteiger partial charge in [0, 0.05) is 34.7 Å². The maximum absolute atomic E-state index is 12.4. The van der Waals surface area contributed by atoms with Gasteiger partial charge >= 0.3 is 5.97 Å². The number of carbonyl (C=O) groups excluding carboxylic acids is 1. The second-order valence-corrected chi connectivity index (χ2v) is 7.59. The number of hydrogen-bond acceptors (Lipinski definition) is 3. The number of amides is 1. The van der Waals surface area contributed by atoms with Crippen LogP contribution in [0.4, 0.5) is 0 Å². The number of hydrogen-bond donors (Lipinski definition) is 1. The van der Waals surface area contributed by atoms with Gasteiger partial charge < -0.3 is 10.0 Å². The van der Waals surface area contributed by atoms with Gasteiger partial charge in [0.15, 0.2) is 0 Å². The zero-order chi connectivity index (χ0) is 14.5. The standard InChI is InChI=1S/C15H19NO3S/c1-9-3-4-12(20-9)10-7-11(10)13(17)16-6-5-15(2,8-16)14(18)19/h3-4,10-11H,5-8H2,1-2H3,(H,18,19)/t10-,11-,15-/m1/s1. The van der Waals surface area contributed by atoms with Crippen molar-refractivity contribution in [2.24, 2.45) is 11.3 Å². The lowest BCUT2D eigenvalue weighted by molar-refractivity contribution is -0.147. The van der Waals surface area contributed by atoms with E-state index in [4.69, 9.17) is 0 Å². The Balaban J connectivity index is 1.63. The van der Waals surface area contributed by atoms with Crippen LogP contribution < -0.4 is 0 Å². The molecule has 4 nitrogen and oxygen atoms in total. The van der Waals surface area contributed by atoms with Crippen molar-refractivity contribution >= 4 is 23.2 Å². The number of likely N-dealkylation sites (tertiary alicyclic amines) is 1. The summed E-state index contributed by atoms with van der Waals surface area (Å²) in [5.74, 6) is -0.220. The highest BCUT2D eigenvalue weighted by Gasteiger charge is 2.50. The lowest BCUT2D eigenvalue weighted by Crippen LogP contribution is -2.35. The summed E-state index contributed by atoms with van der Waals surface area (Å²) in [6.45, 7) is 4.74. The van der Waals surface area contributed by atoms with E-state index in [1.165, 1.54) is 9.75 Å². The van der Waals surface area contributed by atoms with Crippen LogP contribution in [0.3, 0.4) is 0 Å². The normalized spacial score (nSPS) is 32.4. The van der Waals surface area contributed by atoms with Crippen LogP contribution in [0.1, 0.15) is 35.4 Å². The number of carboxylic acid groups (broad SMARTS) is 1. The van der Waals surface area contributed by atoms with Crippen LogP contribution in [0.5, 0.6) is 0 Å².